The largest absolute Gasteiger partial charge is 0.0421 e. The highest BCUT2D eigenvalue weighted by atomic mass is 15.8. The van der Waals surface area contributed by atoms with Gasteiger partial charge in [-0.25, -0.2) is 0 Å². The fourth-order valence-corrected chi connectivity index (χ4v) is 12.9. The molecule has 58 valence electrons. The third-order valence-electron chi connectivity index (χ3n) is 11.4. The summed E-state index contributed by atoms with van der Waals surface area (Å²) in [6.07, 6.45) is 3.46. The summed E-state index contributed by atoms with van der Waals surface area (Å²) in [6.45, 7) is 0. The molecular weight excluding hydrogens is 156 g/mol. The van der Waals surface area contributed by atoms with Crippen molar-refractivity contribution in [3.8, 4) is 0 Å². The van der Waals surface area contributed by atoms with Crippen molar-refractivity contribution in [3.63, 3.8) is 0 Å². The minimum Gasteiger partial charge on any atom is -0.0421 e. The molecule has 0 N–H and O–H groups in total. The maximum Gasteiger partial charge on any atom is -0.000116 e. The Balaban J connectivity index is 1.51. The second-order valence-electron chi connectivity index (χ2n) is 8.82. The van der Waals surface area contributed by atoms with Crippen LogP contribution in [-0.4, -0.2) is 0 Å². The molecule has 13 heavy (non-hydrogen) atoms. The van der Waals surface area contributed by atoms with Gasteiger partial charge >= 0.3 is 0 Å². The van der Waals surface area contributed by atoms with Crippen LogP contribution in [0.15, 0.2) is 0 Å². The molecule has 0 heterocycles. The van der Waals surface area contributed by atoms with E-state index in [0.29, 0.717) is 0 Å². The van der Waals surface area contributed by atoms with Gasteiger partial charge in [-0.05, 0) is 73.4 Å². The monoisotopic (exact) mass is 162 g/mol. The Morgan fingerprint density at radius 3 is 1.54 bits per heavy atom. The molecule has 0 aliphatic heterocycles. The molecule has 0 saturated heterocycles. The molecule has 0 aromatic carbocycles. The first-order chi connectivity index (χ1) is 6.43. The molecule has 0 aromatic heterocycles. The topological polar surface area (TPSA) is 0 Å². The first-order valence-electron chi connectivity index (χ1n) is 6.43. The van der Waals surface area contributed by atoms with Gasteiger partial charge < -0.3 is 0 Å². The van der Waals surface area contributed by atoms with Crippen molar-refractivity contribution in [2.75, 3.05) is 0 Å². The van der Waals surface area contributed by atoms with E-state index in [1.54, 1.807) is 12.8 Å². The zero-order chi connectivity index (χ0) is 7.07. The summed E-state index contributed by atoms with van der Waals surface area (Å²) < 4.78 is 0. The highest BCUT2D eigenvalue weighted by molar-refractivity contribution is 6.21. The average Bonchev–Trinajstić information content (AvgIpc) is 2.88. The molecule has 0 bridgehead atoms. The molecule has 0 aromatic rings. The zero-order valence-electron chi connectivity index (χ0n) is 7.07. The molecule has 0 radical (unpaired) electrons. The second-order valence-corrected chi connectivity index (χ2v) is 8.82. The van der Waals surface area contributed by atoms with Gasteiger partial charge in [-0.2, -0.15) is 0 Å². The van der Waals surface area contributed by atoms with E-state index < -0.39 is 0 Å². The molecule has 11 aliphatic rings. The predicted octanol–water partition coefficient (Wildman–Crippen LogP) is 1.03. The maximum absolute atomic E-state index is 1.73. The van der Waals surface area contributed by atoms with Crippen LogP contribution in [0.4, 0.5) is 0 Å². The summed E-state index contributed by atoms with van der Waals surface area (Å²) in [6, 6.07) is 0. The Kier molecular flexibility index (Phi) is 0.103. The molecule has 11 rings (SSSR count). The normalized spacial score (nSPS) is 153. The van der Waals surface area contributed by atoms with Crippen LogP contribution in [0, 0.1) is 60.6 Å². The SMILES string of the molecule is C1C2C13C21C32C13C14C56C7CC75C61C234. The van der Waals surface area contributed by atoms with Crippen molar-refractivity contribution in [3.05, 3.63) is 0 Å². The van der Waals surface area contributed by atoms with Crippen molar-refractivity contribution < 1.29 is 0 Å². The lowest BCUT2D eigenvalue weighted by molar-refractivity contribution is 0.335. The number of rotatable bonds is 0. The van der Waals surface area contributed by atoms with Gasteiger partial charge in [0.25, 0.3) is 0 Å². The van der Waals surface area contributed by atoms with E-state index in [2.05, 4.69) is 0 Å². The molecule has 0 heteroatoms. The van der Waals surface area contributed by atoms with Crippen LogP contribution >= 0.6 is 0 Å². The first kappa shape index (κ1) is 3.54. The fraction of sp³-hybridized carbons (Fsp3) is 1.00. The third-order valence-corrected chi connectivity index (χ3v) is 11.4. The van der Waals surface area contributed by atoms with Crippen LogP contribution in [0.1, 0.15) is 12.8 Å². The van der Waals surface area contributed by atoms with Crippen molar-refractivity contribution in [1.29, 1.82) is 0 Å². The van der Waals surface area contributed by atoms with Crippen LogP contribution in [-0.2, 0) is 0 Å². The summed E-state index contributed by atoms with van der Waals surface area (Å²) in [5.74, 6) is 2.74. The third kappa shape index (κ3) is 0.0555. The zero-order valence-corrected chi connectivity index (χ0v) is 7.07. The summed E-state index contributed by atoms with van der Waals surface area (Å²) in [5.41, 5.74) is 10.7. The Labute approximate surface area is 74.1 Å². The van der Waals surface area contributed by atoms with Crippen LogP contribution in [0.25, 0.3) is 0 Å². The lowest BCUT2D eigenvalue weighted by Crippen LogP contribution is -2.09. The van der Waals surface area contributed by atoms with E-state index in [0.717, 1.165) is 10.8 Å². The van der Waals surface area contributed by atoms with E-state index in [1.807, 2.05) is 0 Å². The lowest BCUT2D eigenvalue weighted by atomic mass is 9.91. The van der Waals surface area contributed by atoms with E-state index in [4.69, 9.17) is 0 Å². The second kappa shape index (κ2) is 0.378. The number of hydrogen-bond acceptors (Lipinski definition) is 0. The van der Waals surface area contributed by atoms with Crippen molar-refractivity contribution >= 4 is 0 Å². The van der Waals surface area contributed by atoms with Crippen LogP contribution in [0.2, 0.25) is 0 Å². The summed E-state index contributed by atoms with van der Waals surface area (Å²) in [7, 11) is 0. The van der Waals surface area contributed by atoms with Crippen LogP contribution in [0.5, 0.6) is 0 Å². The van der Waals surface area contributed by atoms with E-state index in [-0.39, 0.29) is 0 Å². The van der Waals surface area contributed by atoms with Crippen LogP contribution < -0.4 is 0 Å². The maximum atomic E-state index is 1.73. The molecule has 11 saturated carbocycles. The predicted molar refractivity (Wildman–Crippen MR) is 38.1 cm³/mol. The molecule has 10 atom stereocenters. The van der Waals surface area contributed by atoms with Gasteiger partial charge in [0, 0.05) is 0 Å². The molecular formula is C13H6. The van der Waals surface area contributed by atoms with Crippen molar-refractivity contribution in [2.45, 2.75) is 12.8 Å². The summed E-state index contributed by atoms with van der Waals surface area (Å²) in [5, 5.41) is 0. The minimum absolute atomic E-state index is 1.16. The molecule has 11 aliphatic carbocycles. The molecule has 0 amide bonds. The van der Waals surface area contributed by atoms with Gasteiger partial charge in [-0.1, -0.05) is 0 Å². The van der Waals surface area contributed by atoms with Gasteiger partial charge in [0.1, 0.15) is 0 Å². The van der Waals surface area contributed by atoms with Crippen LogP contribution in [0.3, 0.4) is 0 Å². The quantitative estimate of drug-likeness (QED) is 0.499. The molecule has 9 spiro atoms. The summed E-state index contributed by atoms with van der Waals surface area (Å²) in [4.78, 5) is 0. The molecule has 0 nitrogen and oxygen atoms in total. The van der Waals surface area contributed by atoms with Gasteiger partial charge in [0.15, 0.2) is 0 Å². The molecule has 10 unspecified atom stereocenters. The fourth-order valence-electron chi connectivity index (χ4n) is 12.9. The Morgan fingerprint density at radius 2 is 1.15 bits per heavy atom. The Bertz CT molecular complexity index is 674. The smallest absolute Gasteiger partial charge is 0.000116 e. The Morgan fingerprint density at radius 1 is 0.615 bits per heavy atom. The summed E-state index contributed by atoms with van der Waals surface area (Å²) >= 11 is 0. The highest BCUT2D eigenvalue weighted by Gasteiger charge is 3.77. The lowest BCUT2D eigenvalue weighted by Gasteiger charge is -2.11. The van der Waals surface area contributed by atoms with Gasteiger partial charge in [0.05, 0.1) is 0 Å². The standard InChI is InChI=1S/C13H6/c1-3-5(1)7(3)9(5)11(7)12-8-4-2-6(4,8)10(8,12)13(9,11)12/h3-4H,1-2H2. The first-order valence-corrected chi connectivity index (χ1v) is 6.43. The van der Waals surface area contributed by atoms with Crippen molar-refractivity contribution in [1.82, 2.24) is 0 Å². The highest BCUT2D eigenvalue weighted by Crippen LogP contribution is 3.78. The Hall–Kier alpha value is 0. The van der Waals surface area contributed by atoms with E-state index >= 15 is 0 Å². The van der Waals surface area contributed by atoms with Gasteiger partial charge in [-0.3, -0.25) is 0 Å². The van der Waals surface area contributed by atoms with Crippen molar-refractivity contribution in [2.24, 2.45) is 60.6 Å². The number of hydrogen-bond donors (Lipinski definition) is 0. The minimum atomic E-state index is 1.16. The average molecular weight is 162 g/mol. The molecule has 11 fully saturated rings. The van der Waals surface area contributed by atoms with E-state index in [9.17, 15) is 0 Å². The van der Waals surface area contributed by atoms with Gasteiger partial charge in [0.2, 0.25) is 0 Å². The van der Waals surface area contributed by atoms with E-state index in [1.165, 1.54) is 49.7 Å². The van der Waals surface area contributed by atoms with Gasteiger partial charge in [-0.15, -0.1) is 0 Å².